The van der Waals surface area contributed by atoms with E-state index in [1.165, 1.54) is 6.92 Å². The summed E-state index contributed by atoms with van der Waals surface area (Å²) in [5, 5.41) is 13.7. The quantitative estimate of drug-likeness (QED) is 0.722. The number of amides is 1. The molecule has 0 saturated carbocycles. The van der Waals surface area contributed by atoms with Gasteiger partial charge in [0.1, 0.15) is 4.88 Å². The van der Waals surface area contributed by atoms with Gasteiger partial charge in [0.25, 0.3) is 0 Å². The van der Waals surface area contributed by atoms with Crippen molar-refractivity contribution < 1.29 is 19.4 Å². The lowest BCUT2D eigenvalue weighted by molar-refractivity contribution is -0.119. The van der Waals surface area contributed by atoms with Crippen LogP contribution in [0.15, 0.2) is 24.3 Å². The molecule has 1 aliphatic rings. The van der Waals surface area contributed by atoms with Crippen LogP contribution in [0.1, 0.15) is 33.8 Å². The van der Waals surface area contributed by atoms with Crippen molar-refractivity contribution in [1.82, 2.24) is 5.32 Å². The van der Waals surface area contributed by atoms with Gasteiger partial charge in [0.05, 0.1) is 30.8 Å². The third-order valence-electron chi connectivity index (χ3n) is 4.35. The summed E-state index contributed by atoms with van der Waals surface area (Å²) in [6.45, 7) is 11.3. The molecule has 1 aromatic carbocycles. The summed E-state index contributed by atoms with van der Waals surface area (Å²) in [5.74, 6) is -1.46. The normalized spacial score (nSPS) is 15.0. The second-order valence-corrected chi connectivity index (χ2v) is 7.64. The molecule has 1 saturated heterocycles. The van der Waals surface area contributed by atoms with Crippen molar-refractivity contribution in [3.05, 3.63) is 56.7 Å². The lowest BCUT2D eigenvalue weighted by Crippen LogP contribution is -2.35. The van der Waals surface area contributed by atoms with Crippen molar-refractivity contribution in [3.8, 4) is 0 Å². The van der Waals surface area contributed by atoms with Gasteiger partial charge < -0.3 is 20.1 Å². The first-order valence-corrected chi connectivity index (χ1v) is 9.74. The summed E-state index contributed by atoms with van der Waals surface area (Å²) in [7, 11) is 0. The van der Waals surface area contributed by atoms with Crippen LogP contribution >= 0.6 is 22.9 Å². The van der Waals surface area contributed by atoms with E-state index in [2.05, 4.69) is 10.2 Å². The minimum atomic E-state index is -1.13. The number of carbonyl (C=O) groups excluding carboxylic acids is 1. The third-order valence-corrected chi connectivity index (χ3v) is 5.84. The molecule has 7 nitrogen and oxygen atoms in total. The molecule has 1 amide bonds. The number of carboxylic acid groups (broad SMARTS) is 1. The van der Waals surface area contributed by atoms with Crippen molar-refractivity contribution in [2.75, 3.05) is 31.2 Å². The molecular weight excluding hydrogens is 402 g/mol. The van der Waals surface area contributed by atoms with Gasteiger partial charge in [0.2, 0.25) is 11.6 Å². The molecule has 28 heavy (non-hydrogen) atoms. The number of nitrogens with one attached hydrogen (secondary N) is 1. The predicted molar refractivity (Wildman–Crippen MR) is 108 cm³/mol. The fourth-order valence-corrected chi connectivity index (χ4v) is 4.41. The number of rotatable bonds is 5. The number of nitrogens with zero attached hydrogens (tertiary/aromatic N) is 2. The summed E-state index contributed by atoms with van der Waals surface area (Å²) >= 11 is 7.03. The number of aromatic carboxylic acids is 1. The monoisotopic (exact) mass is 419 g/mol. The SMILES string of the molecule is [C-]#[N+]c1c(N2CCOCC2)sc(C(=O)O)c1C(NC(C)=O)c1ccc(Cl)cc1. The maximum atomic E-state index is 12.0. The second-order valence-electron chi connectivity index (χ2n) is 6.20. The van der Waals surface area contributed by atoms with Crippen LogP contribution in [-0.2, 0) is 9.53 Å². The molecule has 1 fully saturated rings. The van der Waals surface area contributed by atoms with Gasteiger partial charge in [-0.05, 0) is 17.7 Å². The predicted octanol–water partition coefficient (Wildman–Crippen LogP) is 3.71. The van der Waals surface area contributed by atoms with Crippen LogP contribution in [0.25, 0.3) is 4.85 Å². The van der Waals surface area contributed by atoms with E-state index in [0.29, 0.717) is 47.5 Å². The first-order valence-electron chi connectivity index (χ1n) is 8.55. The van der Waals surface area contributed by atoms with Gasteiger partial charge in [-0.15, -0.1) is 11.3 Å². The molecule has 3 rings (SSSR count). The van der Waals surface area contributed by atoms with Crippen LogP contribution in [0.4, 0.5) is 10.7 Å². The van der Waals surface area contributed by atoms with E-state index in [1.54, 1.807) is 24.3 Å². The van der Waals surface area contributed by atoms with Crippen LogP contribution in [0.3, 0.4) is 0 Å². The Morgan fingerprint density at radius 1 is 1.32 bits per heavy atom. The average Bonchev–Trinajstić information content (AvgIpc) is 3.07. The Balaban J connectivity index is 2.18. The number of morpholine rings is 1. The van der Waals surface area contributed by atoms with Crippen molar-refractivity contribution in [2.24, 2.45) is 0 Å². The Kier molecular flexibility index (Phi) is 6.19. The topological polar surface area (TPSA) is 83.2 Å². The van der Waals surface area contributed by atoms with E-state index in [1.807, 2.05) is 4.90 Å². The van der Waals surface area contributed by atoms with E-state index >= 15 is 0 Å². The van der Waals surface area contributed by atoms with Crippen molar-refractivity contribution in [1.29, 1.82) is 0 Å². The van der Waals surface area contributed by atoms with Gasteiger partial charge in [-0.3, -0.25) is 4.79 Å². The summed E-state index contributed by atoms with van der Waals surface area (Å²) in [6, 6.07) is 6.00. The number of hydrogen-bond acceptors (Lipinski definition) is 5. The highest BCUT2D eigenvalue weighted by Gasteiger charge is 2.32. The highest BCUT2D eigenvalue weighted by Crippen LogP contribution is 2.47. The molecule has 1 unspecified atom stereocenters. The van der Waals surface area contributed by atoms with E-state index in [9.17, 15) is 14.7 Å². The van der Waals surface area contributed by atoms with Gasteiger partial charge in [-0.1, -0.05) is 23.7 Å². The zero-order chi connectivity index (χ0) is 20.3. The van der Waals surface area contributed by atoms with Gasteiger partial charge in [0, 0.05) is 30.6 Å². The Labute approximate surface area is 171 Å². The number of carboxylic acids is 1. The van der Waals surface area contributed by atoms with Crippen LogP contribution in [0.5, 0.6) is 0 Å². The molecule has 9 heteroatoms. The zero-order valence-corrected chi connectivity index (χ0v) is 16.6. The molecule has 2 N–H and O–H groups in total. The number of carbonyl (C=O) groups is 2. The minimum Gasteiger partial charge on any atom is -0.477 e. The molecule has 2 heterocycles. The molecule has 1 atom stereocenters. The number of benzene rings is 1. The Hall–Kier alpha value is -2.60. The molecule has 146 valence electrons. The Bertz CT molecular complexity index is 930. The summed E-state index contributed by atoms with van der Waals surface area (Å²) in [6.07, 6.45) is 0. The van der Waals surface area contributed by atoms with Crippen molar-refractivity contribution in [2.45, 2.75) is 13.0 Å². The summed E-state index contributed by atoms with van der Waals surface area (Å²) < 4.78 is 5.36. The first kappa shape index (κ1) is 20.1. The highest BCUT2D eigenvalue weighted by atomic mass is 35.5. The average molecular weight is 420 g/mol. The molecule has 0 radical (unpaired) electrons. The van der Waals surface area contributed by atoms with E-state index in [0.717, 1.165) is 11.3 Å². The first-order chi connectivity index (χ1) is 13.4. The van der Waals surface area contributed by atoms with Crippen molar-refractivity contribution in [3.63, 3.8) is 0 Å². The zero-order valence-electron chi connectivity index (χ0n) is 15.1. The number of thiophene rings is 1. The van der Waals surface area contributed by atoms with Crippen LogP contribution in [-0.4, -0.2) is 43.3 Å². The molecule has 2 aromatic rings. The maximum Gasteiger partial charge on any atom is 0.344 e. The van der Waals surface area contributed by atoms with Crippen molar-refractivity contribution >= 4 is 45.5 Å². The van der Waals surface area contributed by atoms with E-state index < -0.39 is 12.0 Å². The molecule has 0 bridgehead atoms. The number of hydrogen-bond donors (Lipinski definition) is 2. The number of anilines is 1. The smallest absolute Gasteiger partial charge is 0.344 e. The molecule has 1 aliphatic heterocycles. The summed E-state index contributed by atoms with van der Waals surface area (Å²) in [5.41, 5.74) is 1.20. The molecule has 1 aromatic heterocycles. The highest BCUT2D eigenvalue weighted by molar-refractivity contribution is 7.18. The molecular formula is C19H18ClN3O4S. The molecule has 0 aliphatic carbocycles. The Morgan fingerprint density at radius 3 is 2.50 bits per heavy atom. The van der Waals surface area contributed by atoms with E-state index in [-0.39, 0.29) is 16.5 Å². The van der Waals surface area contributed by atoms with E-state index in [4.69, 9.17) is 22.9 Å². The third kappa shape index (κ3) is 4.12. The molecule has 0 spiro atoms. The standard InChI is InChI=1S/C19H18ClN3O4S/c1-11(24)22-15(12-3-5-13(20)6-4-12)14-16(21-2)18(28-17(14)19(25)26)23-7-9-27-10-8-23/h3-6,15H,7-10H2,1H3,(H,22,24)(H,25,26). The second kappa shape index (κ2) is 8.61. The van der Waals surface area contributed by atoms with Gasteiger partial charge >= 0.3 is 5.97 Å². The number of ether oxygens (including phenoxy) is 1. The minimum absolute atomic E-state index is 0.0428. The fraction of sp³-hybridized carbons (Fsp3) is 0.316. The fourth-order valence-electron chi connectivity index (χ4n) is 3.12. The van der Waals surface area contributed by atoms with Gasteiger partial charge in [0.15, 0.2) is 0 Å². The number of halogens is 1. The van der Waals surface area contributed by atoms with Crippen LogP contribution in [0, 0.1) is 6.57 Å². The Morgan fingerprint density at radius 2 is 1.96 bits per heavy atom. The lowest BCUT2D eigenvalue weighted by atomic mass is 9.97. The van der Waals surface area contributed by atoms with Crippen LogP contribution < -0.4 is 10.2 Å². The maximum absolute atomic E-state index is 12.0. The lowest BCUT2D eigenvalue weighted by Gasteiger charge is -2.28. The largest absolute Gasteiger partial charge is 0.477 e. The van der Waals surface area contributed by atoms with Gasteiger partial charge in [-0.25, -0.2) is 9.64 Å². The summed E-state index contributed by atoms with van der Waals surface area (Å²) in [4.78, 5) is 29.5. The van der Waals surface area contributed by atoms with Gasteiger partial charge in [-0.2, -0.15) is 0 Å². The van der Waals surface area contributed by atoms with Crippen LogP contribution in [0.2, 0.25) is 5.02 Å².